The van der Waals surface area contributed by atoms with Crippen LogP contribution in [0.15, 0.2) is 0 Å². The minimum Gasteiger partial charge on any atom is -0.379 e. The van der Waals surface area contributed by atoms with Crippen molar-refractivity contribution in [3.8, 4) is 6.07 Å². The first-order chi connectivity index (χ1) is 7.58. The van der Waals surface area contributed by atoms with E-state index in [1.807, 2.05) is 13.8 Å². The Morgan fingerprint density at radius 1 is 1.38 bits per heavy atom. The maximum atomic E-state index is 9.06. The Hall–Kier alpha value is -0.590. The molecule has 0 radical (unpaired) electrons. The van der Waals surface area contributed by atoms with E-state index in [0.29, 0.717) is 6.10 Å². The summed E-state index contributed by atoms with van der Waals surface area (Å²) >= 11 is 0. The molecule has 1 N–H and O–H groups in total. The zero-order chi connectivity index (χ0) is 12.4. The predicted molar refractivity (Wildman–Crippen MR) is 67.3 cm³/mol. The molecule has 0 saturated heterocycles. The van der Waals surface area contributed by atoms with Gasteiger partial charge in [-0.25, -0.2) is 0 Å². The highest BCUT2D eigenvalue weighted by Crippen LogP contribution is 2.13. The summed E-state index contributed by atoms with van der Waals surface area (Å²) in [5.41, 5.74) is -0.370. The average Bonchev–Trinajstić information content (AvgIpc) is 2.28. The molecular formula is C13H26N2O. The number of rotatable bonds is 9. The third-order valence-electron chi connectivity index (χ3n) is 2.86. The molecule has 0 aromatic heterocycles. The van der Waals surface area contributed by atoms with Crippen LogP contribution in [0, 0.1) is 11.3 Å². The van der Waals surface area contributed by atoms with Crippen LogP contribution in [0.5, 0.6) is 0 Å². The first kappa shape index (κ1) is 15.4. The summed E-state index contributed by atoms with van der Waals surface area (Å²) in [6.45, 7) is 9.87. The van der Waals surface area contributed by atoms with Gasteiger partial charge in [-0.15, -0.1) is 0 Å². The topological polar surface area (TPSA) is 45.0 Å². The van der Waals surface area contributed by atoms with Crippen LogP contribution >= 0.6 is 0 Å². The van der Waals surface area contributed by atoms with Gasteiger partial charge in [0.2, 0.25) is 0 Å². The Bertz CT molecular complexity index is 212. The molecule has 0 heterocycles. The lowest BCUT2D eigenvalue weighted by atomic mass is 9.97. The Morgan fingerprint density at radius 3 is 2.56 bits per heavy atom. The van der Waals surface area contributed by atoms with Gasteiger partial charge in [0.25, 0.3) is 0 Å². The van der Waals surface area contributed by atoms with Gasteiger partial charge in [0.15, 0.2) is 0 Å². The van der Waals surface area contributed by atoms with E-state index in [1.54, 1.807) is 0 Å². The molecule has 0 aliphatic heterocycles. The molecule has 0 aromatic carbocycles. The zero-order valence-electron chi connectivity index (χ0n) is 11.2. The van der Waals surface area contributed by atoms with Gasteiger partial charge in [0, 0.05) is 6.61 Å². The van der Waals surface area contributed by atoms with Gasteiger partial charge in [-0.05, 0) is 46.1 Å². The van der Waals surface area contributed by atoms with E-state index in [4.69, 9.17) is 10.00 Å². The fraction of sp³-hybridized carbons (Fsp3) is 0.923. The summed E-state index contributed by atoms with van der Waals surface area (Å²) in [5, 5.41) is 12.3. The summed E-state index contributed by atoms with van der Waals surface area (Å²) in [5.74, 6) is 0. The van der Waals surface area contributed by atoms with Crippen molar-refractivity contribution < 1.29 is 4.74 Å². The fourth-order valence-corrected chi connectivity index (χ4v) is 1.56. The third kappa shape index (κ3) is 6.81. The lowest BCUT2D eigenvalue weighted by molar-refractivity contribution is 0.0602. The Morgan fingerprint density at radius 2 is 2.06 bits per heavy atom. The van der Waals surface area contributed by atoms with Crippen molar-refractivity contribution in [3.63, 3.8) is 0 Å². The lowest BCUT2D eigenvalue weighted by Crippen LogP contribution is -2.40. The number of ether oxygens (including phenoxy) is 1. The number of nitrogens with one attached hydrogen (secondary N) is 1. The molecule has 0 bridgehead atoms. The van der Waals surface area contributed by atoms with Gasteiger partial charge in [-0.2, -0.15) is 5.26 Å². The highest BCUT2D eigenvalue weighted by Gasteiger charge is 2.21. The molecule has 0 spiro atoms. The molecule has 0 fully saturated rings. The van der Waals surface area contributed by atoms with Crippen molar-refractivity contribution in [1.29, 1.82) is 5.26 Å². The minimum atomic E-state index is -0.370. The summed E-state index contributed by atoms with van der Waals surface area (Å²) in [6, 6.07) is 2.34. The molecule has 16 heavy (non-hydrogen) atoms. The highest BCUT2D eigenvalue weighted by molar-refractivity contribution is 5.03. The maximum absolute atomic E-state index is 9.06. The zero-order valence-corrected chi connectivity index (χ0v) is 11.2. The van der Waals surface area contributed by atoms with Crippen LogP contribution in [0.3, 0.4) is 0 Å². The van der Waals surface area contributed by atoms with Gasteiger partial charge in [0.1, 0.15) is 5.54 Å². The van der Waals surface area contributed by atoms with Gasteiger partial charge < -0.3 is 4.74 Å². The third-order valence-corrected chi connectivity index (χ3v) is 2.86. The quantitative estimate of drug-likeness (QED) is 0.615. The molecule has 94 valence electrons. The Labute approximate surface area is 100 Å². The molecule has 2 unspecified atom stereocenters. The molecule has 3 heteroatoms. The van der Waals surface area contributed by atoms with E-state index in [-0.39, 0.29) is 5.54 Å². The van der Waals surface area contributed by atoms with Gasteiger partial charge >= 0.3 is 0 Å². The second-order valence-electron chi connectivity index (χ2n) is 4.52. The molecule has 0 saturated carbocycles. The van der Waals surface area contributed by atoms with Crippen LogP contribution in [0.2, 0.25) is 0 Å². The fourth-order valence-electron chi connectivity index (χ4n) is 1.56. The van der Waals surface area contributed by atoms with Crippen molar-refractivity contribution >= 4 is 0 Å². The molecule has 0 aromatic rings. The summed E-state index contributed by atoms with van der Waals surface area (Å²) < 4.78 is 5.60. The normalized spacial score (nSPS) is 16.4. The van der Waals surface area contributed by atoms with Gasteiger partial charge in [0.05, 0.1) is 12.2 Å². The first-order valence-corrected chi connectivity index (χ1v) is 6.35. The monoisotopic (exact) mass is 226 g/mol. The molecular weight excluding hydrogens is 200 g/mol. The number of nitrogens with zero attached hydrogens (tertiary/aromatic N) is 1. The Balaban J connectivity index is 3.61. The highest BCUT2D eigenvalue weighted by atomic mass is 16.5. The second kappa shape index (κ2) is 8.55. The van der Waals surface area contributed by atoms with Crippen LogP contribution in [-0.2, 0) is 4.74 Å². The van der Waals surface area contributed by atoms with Crippen LogP contribution in [-0.4, -0.2) is 24.8 Å². The van der Waals surface area contributed by atoms with Crippen LogP contribution in [0.4, 0.5) is 0 Å². The van der Waals surface area contributed by atoms with E-state index in [2.05, 4.69) is 25.2 Å². The molecule has 2 atom stereocenters. The van der Waals surface area contributed by atoms with Crippen LogP contribution in [0.1, 0.15) is 53.4 Å². The average molecular weight is 226 g/mol. The summed E-state index contributed by atoms with van der Waals surface area (Å²) in [7, 11) is 0. The van der Waals surface area contributed by atoms with E-state index < -0.39 is 0 Å². The maximum Gasteiger partial charge on any atom is 0.103 e. The molecule has 0 amide bonds. The number of hydrogen-bond donors (Lipinski definition) is 1. The second-order valence-corrected chi connectivity index (χ2v) is 4.52. The lowest BCUT2D eigenvalue weighted by Gasteiger charge is -2.22. The van der Waals surface area contributed by atoms with Crippen molar-refractivity contribution in [1.82, 2.24) is 5.32 Å². The molecule has 3 nitrogen and oxygen atoms in total. The van der Waals surface area contributed by atoms with Crippen LogP contribution < -0.4 is 5.32 Å². The van der Waals surface area contributed by atoms with E-state index in [9.17, 15) is 0 Å². The van der Waals surface area contributed by atoms with Crippen molar-refractivity contribution in [3.05, 3.63) is 0 Å². The largest absolute Gasteiger partial charge is 0.379 e. The Kier molecular flexibility index (Phi) is 8.23. The van der Waals surface area contributed by atoms with Crippen molar-refractivity contribution in [2.45, 2.75) is 65.0 Å². The molecule has 0 aliphatic carbocycles. The van der Waals surface area contributed by atoms with Crippen molar-refractivity contribution in [2.24, 2.45) is 0 Å². The number of hydrogen-bond acceptors (Lipinski definition) is 3. The SMILES string of the molecule is CCNC(C)(C#N)CCCCOC(C)CC. The van der Waals surface area contributed by atoms with Crippen LogP contribution in [0.25, 0.3) is 0 Å². The standard InChI is InChI=1S/C13H26N2O/c1-5-12(3)16-10-8-7-9-13(4,11-14)15-6-2/h12,15H,5-10H2,1-4H3. The van der Waals surface area contributed by atoms with E-state index >= 15 is 0 Å². The van der Waals surface area contributed by atoms with Gasteiger partial charge in [-0.1, -0.05) is 13.8 Å². The minimum absolute atomic E-state index is 0.358. The number of nitriles is 1. The number of unbranched alkanes of at least 4 members (excludes halogenated alkanes) is 1. The predicted octanol–water partition coefficient (Wildman–Crippen LogP) is 2.86. The molecule has 0 rings (SSSR count). The molecule has 0 aliphatic rings. The first-order valence-electron chi connectivity index (χ1n) is 6.35. The van der Waals surface area contributed by atoms with E-state index in [0.717, 1.165) is 38.8 Å². The van der Waals surface area contributed by atoms with Gasteiger partial charge in [-0.3, -0.25) is 5.32 Å². The summed E-state index contributed by atoms with van der Waals surface area (Å²) in [6.07, 6.45) is 4.38. The summed E-state index contributed by atoms with van der Waals surface area (Å²) in [4.78, 5) is 0. The smallest absolute Gasteiger partial charge is 0.103 e. The van der Waals surface area contributed by atoms with Crippen molar-refractivity contribution in [2.75, 3.05) is 13.2 Å². The van der Waals surface area contributed by atoms with E-state index in [1.165, 1.54) is 0 Å².